The van der Waals surface area contributed by atoms with Crippen LogP contribution in [-0.4, -0.2) is 55.8 Å². The predicted molar refractivity (Wildman–Crippen MR) is 111 cm³/mol. The molecular formula is C21H31N5O. The van der Waals surface area contributed by atoms with Crippen LogP contribution >= 0.6 is 0 Å². The van der Waals surface area contributed by atoms with E-state index in [2.05, 4.69) is 57.3 Å². The van der Waals surface area contributed by atoms with Crippen LogP contribution in [0.1, 0.15) is 28.1 Å². The molecule has 0 unspecified atom stereocenters. The third-order valence-electron chi connectivity index (χ3n) is 5.55. The molecule has 0 radical (unpaired) electrons. The number of aromatic nitrogens is 1. The van der Waals surface area contributed by atoms with Crippen LogP contribution in [0.3, 0.4) is 0 Å². The number of aliphatic imine (C=N–C) groups is 1. The molecular weight excluding hydrogens is 338 g/mol. The lowest BCUT2D eigenvalue weighted by molar-refractivity contribution is 0.372. The van der Waals surface area contributed by atoms with E-state index >= 15 is 0 Å². The van der Waals surface area contributed by atoms with E-state index in [0.29, 0.717) is 0 Å². The quantitative estimate of drug-likeness (QED) is 0.663. The van der Waals surface area contributed by atoms with Crippen molar-refractivity contribution in [1.29, 1.82) is 0 Å². The molecule has 2 aromatic rings. The van der Waals surface area contributed by atoms with Gasteiger partial charge in [-0.2, -0.15) is 0 Å². The van der Waals surface area contributed by atoms with Crippen molar-refractivity contribution in [2.24, 2.45) is 4.99 Å². The van der Waals surface area contributed by atoms with Gasteiger partial charge in [-0.3, -0.25) is 4.99 Å². The van der Waals surface area contributed by atoms with Crippen LogP contribution < -0.4 is 10.2 Å². The van der Waals surface area contributed by atoms with Gasteiger partial charge >= 0.3 is 0 Å². The zero-order chi connectivity index (χ0) is 19.4. The minimum absolute atomic E-state index is 0.826. The maximum absolute atomic E-state index is 5.24. The Balaban J connectivity index is 1.54. The van der Waals surface area contributed by atoms with E-state index in [0.717, 1.165) is 56.6 Å². The monoisotopic (exact) mass is 369 g/mol. The Bertz CT molecular complexity index is 783. The summed E-state index contributed by atoms with van der Waals surface area (Å²) in [5.74, 6) is 1.88. The molecule has 0 bridgehead atoms. The van der Waals surface area contributed by atoms with Crippen molar-refractivity contribution in [2.75, 3.05) is 44.7 Å². The van der Waals surface area contributed by atoms with E-state index in [1.807, 2.05) is 20.9 Å². The Kier molecular flexibility index (Phi) is 6.04. The van der Waals surface area contributed by atoms with Gasteiger partial charge in [0.15, 0.2) is 5.96 Å². The maximum atomic E-state index is 5.24. The highest BCUT2D eigenvalue weighted by Gasteiger charge is 2.21. The highest BCUT2D eigenvalue weighted by molar-refractivity contribution is 5.80. The Hall–Kier alpha value is -2.50. The van der Waals surface area contributed by atoms with Gasteiger partial charge < -0.3 is 19.6 Å². The molecule has 146 valence electrons. The highest BCUT2D eigenvalue weighted by Crippen LogP contribution is 2.23. The zero-order valence-electron chi connectivity index (χ0n) is 17.2. The molecule has 1 aromatic carbocycles. The lowest BCUT2D eigenvalue weighted by atomic mass is 10.1. The summed E-state index contributed by atoms with van der Waals surface area (Å²) < 4.78 is 5.24. The van der Waals surface area contributed by atoms with Crippen molar-refractivity contribution < 1.29 is 4.52 Å². The van der Waals surface area contributed by atoms with Gasteiger partial charge in [-0.1, -0.05) is 17.3 Å². The Morgan fingerprint density at radius 1 is 1.15 bits per heavy atom. The number of hydrogen-bond acceptors (Lipinski definition) is 4. The van der Waals surface area contributed by atoms with E-state index in [-0.39, 0.29) is 0 Å². The van der Waals surface area contributed by atoms with Crippen molar-refractivity contribution in [3.8, 4) is 0 Å². The largest absolute Gasteiger partial charge is 0.368 e. The van der Waals surface area contributed by atoms with Gasteiger partial charge in [-0.15, -0.1) is 0 Å². The highest BCUT2D eigenvalue weighted by atomic mass is 16.5. The standard InChI is InChI=1S/C21H31N5O/c1-15-7-6-8-20(16(15)2)25-11-13-26(14-12-25)21(22-5)23-10-9-19-17(3)24-27-18(19)4/h6-8H,9-14H2,1-5H3,(H,22,23). The molecule has 27 heavy (non-hydrogen) atoms. The summed E-state index contributed by atoms with van der Waals surface area (Å²) in [4.78, 5) is 9.30. The number of hydrogen-bond donors (Lipinski definition) is 1. The third kappa shape index (κ3) is 4.26. The van der Waals surface area contributed by atoms with Gasteiger partial charge in [-0.25, -0.2) is 0 Å². The van der Waals surface area contributed by atoms with Crippen molar-refractivity contribution in [3.05, 3.63) is 46.3 Å². The lowest BCUT2D eigenvalue weighted by Gasteiger charge is -2.38. The van der Waals surface area contributed by atoms with Crippen molar-refractivity contribution in [3.63, 3.8) is 0 Å². The average Bonchev–Trinajstić information content (AvgIpc) is 2.99. The summed E-state index contributed by atoms with van der Waals surface area (Å²) in [5, 5.41) is 7.52. The molecule has 6 nitrogen and oxygen atoms in total. The molecule has 6 heteroatoms. The van der Waals surface area contributed by atoms with E-state index in [1.54, 1.807) is 0 Å². The molecule has 1 fully saturated rings. The number of benzene rings is 1. The van der Waals surface area contributed by atoms with Gasteiger partial charge in [0.25, 0.3) is 0 Å². The van der Waals surface area contributed by atoms with Gasteiger partial charge in [0.2, 0.25) is 0 Å². The fourth-order valence-corrected chi connectivity index (χ4v) is 3.73. The van der Waals surface area contributed by atoms with Gasteiger partial charge in [0.05, 0.1) is 5.69 Å². The molecule has 1 N–H and O–H groups in total. The molecule has 1 aromatic heterocycles. The van der Waals surface area contributed by atoms with Crippen molar-refractivity contribution in [1.82, 2.24) is 15.4 Å². The minimum atomic E-state index is 0.826. The molecule has 1 aliphatic rings. The topological polar surface area (TPSA) is 56.9 Å². The molecule has 0 amide bonds. The number of piperazine rings is 1. The smallest absolute Gasteiger partial charge is 0.193 e. The van der Waals surface area contributed by atoms with E-state index < -0.39 is 0 Å². The second-order valence-corrected chi connectivity index (χ2v) is 7.22. The van der Waals surface area contributed by atoms with Crippen LogP contribution in [0, 0.1) is 27.7 Å². The Morgan fingerprint density at radius 2 is 1.89 bits per heavy atom. The summed E-state index contributed by atoms with van der Waals surface area (Å²) in [7, 11) is 1.86. The van der Waals surface area contributed by atoms with Crippen molar-refractivity contribution >= 4 is 11.6 Å². The SMILES string of the molecule is CN=C(NCCc1c(C)noc1C)N1CCN(c2cccc(C)c2C)CC1. The first-order chi connectivity index (χ1) is 13.0. The first-order valence-electron chi connectivity index (χ1n) is 9.69. The summed E-state index contributed by atoms with van der Waals surface area (Å²) >= 11 is 0. The van der Waals surface area contributed by atoms with Crippen LogP contribution in [0.25, 0.3) is 0 Å². The number of nitrogens with one attached hydrogen (secondary N) is 1. The van der Waals surface area contributed by atoms with Gasteiger partial charge in [0, 0.05) is 51.0 Å². The summed E-state index contributed by atoms with van der Waals surface area (Å²) in [6.07, 6.45) is 0.892. The summed E-state index contributed by atoms with van der Waals surface area (Å²) in [6.45, 7) is 13.1. The lowest BCUT2D eigenvalue weighted by Crippen LogP contribution is -2.53. The van der Waals surface area contributed by atoms with Crippen LogP contribution in [0.2, 0.25) is 0 Å². The van der Waals surface area contributed by atoms with Crippen LogP contribution in [0.4, 0.5) is 5.69 Å². The van der Waals surface area contributed by atoms with Crippen LogP contribution in [0.15, 0.2) is 27.7 Å². The van der Waals surface area contributed by atoms with Crippen LogP contribution in [-0.2, 0) is 6.42 Å². The van der Waals surface area contributed by atoms with Crippen molar-refractivity contribution in [2.45, 2.75) is 34.1 Å². The molecule has 3 rings (SSSR count). The van der Waals surface area contributed by atoms with E-state index in [1.165, 1.54) is 22.4 Å². The number of anilines is 1. The second-order valence-electron chi connectivity index (χ2n) is 7.22. The Labute approximate surface area is 162 Å². The normalized spacial score (nSPS) is 15.4. The molecule has 0 atom stereocenters. The number of nitrogens with zero attached hydrogens (tertiary/aromatic N) is 4. The van der Waals surface area contributed by atoms with Gasteiger partial charge in [-0.05, 0) is 51.3 Å². The maximum Gasteiger partial charge on any atom is 0.193 e. The van der Waals surface area contributed by atoms with E-state index in [9.17, 15) is 0 Å². The Morgan fingerprint density at radius 3 is 2.52 bits per heavy atom. The molecule has 0 spiro atoms. The fourth-order valence-electron chi connectivity index (χ4n) is 3.73. The fraction of sp³-hybridized carbons (Fsp3) is 0.524. The number of rotatable bonds is 4. The predicted octanol–water partition coefficient (Wildman–Crippen LogP) is 2.85. The summed E-state index contributed by atoms with van der Waals surface area (Å²) in [6, 6.07) is 6.56. The first kappa shape index (κ1) is 19.3. The molecule has 0 saturated carbocycles. The second kappa shape index (κ2) is 8.46. The molecule has 2 heterocycles. The minimum Gasteiger partial charge on any atom is -0.368 e. The summed E-state index contributed by atoms with van der Waals surface area (Å²) in [5.41, 5.74) is 6.26. The third-order valence-corrected chi connectivity index (χ3v) is 5.55. The van der Waals surface area contributed by atoms with Crippen LogP contribution in [0.5, 0.6) is 0 Å². The number of aryl methyl sites for hydroxylation is 3. The zero-order valence-corrected chi connectivity index (χ0v) is 17.2. The average molecular weight is 370 g/mol. The van der Waals surface area contributed by atoms with Gasteiger partial charge in [0.1, 0.15) is 5.76 Å². The molecule has 1 saturated heterocycles. The first-order valence-corrected chi connectivity index (χ1v) is 9.69. The molecule has 0 aliphatic carbocycles. The van der Waals surface area contributed by atoms with E-state index in [4.69, 9.17) is 4.52 Å². The number of guanidine groups is 1. The molecule has 1 aliphatic heterocycles.